The number of carbonyl (C=O) groups is 1. The van der Waals surface area contributed by atoms with Crippen LogP contribution < -0.4 is 5.73 Å². The van der Waals surface area contributed by atoms with Crippen LogP contribution >= 0.6 is 24.8 Å². The molecule has 2 heterocycles. The van der Waals surface area contributed by atoms with Gasteiger partial charge in [-0.1, -0.05) is 13.8 Å². The zero-order chi connectivity index (χ0) is 14.6. The molecule has 5 nitrogen and oxygen atoms in total. The van der Waals surface area contributed by atoms with Crippen LogP contribution in [0, 0.1) is 5.41 Å². The summed E-state index contributed by atoms with van der Waals surface area (Å²) in [5.41, 5.74) is 5.55. The maximum atomic E-state index is 12.8. The van der Waals surface area contributed by atoms with Crippen molar-refractivity contribution in [1.82, 2.24) is 9.80 Å². The summed E-state index contributed by atoms with van der Waals surface area (Å²) in [6.45, 7) is 9.98. The number of nitrogens with zero attached hydrogens (tertiary/aromatic N) is 2. The van der Waals surface area contributed by atoms with E-state index in [9.17, 15) is 4.79 Å². The third-order valence-electron chi connectivity index (χ3n) is 5.21. The van der Waals surface area contributed by atoms with Gasteiger partial charge in [0.15, 0.2) is 0 Å². The average molecular weight is 356 g/mol. The zero-order valence-corrected chi connectivity index (χ0v) is 15.4. The predicted octanol–water partition coefficient (Wildman–Crippen LogP) is 1.53. The van der Waals surface area contributed by atoms with Gasteiger partial charge in [0.25, 0.3) is 0 Å². The van der Waals surface area contributed by atoms with Crippen molar-refractivity contribution in [2.24, 2.45) is 11.1 Å². The number of hydrogen-bond acceptors (Lipinski definition) is 4. The Kier molecular flexibility index (Phi) is 9.90. The predicted molar refractivity (Wildman–Crippen MR) is 93.9 cm³/mol. The van der Waals surface area contributed by atoms with Crippen molar-refractivity contribution in [2.75, 3.05) is 45.9 Å². The summed E-state index contributed by atoms with van der Waals surface area (Å²) in [4.78, 5) is 17.3. The van der Waals surface area contributed by atoms with Crippen molar-refractivity contribution in [2.45, 2.75) is 39.2 Å². The molecule has 2 aliphatic rings. The maximum absolute atomic E-state index is 12.8. The molecular formula is C15H31Cl2N3O2. The lowest BCUT2D eigenvalue weighted by Crippen LogP contribution is -2.49. The standard InChI is InChI=1S/C15H29N3O2.2ClH/c1-3-15(4-2,12-16)14(19)18-6-5-13(11-18)17-7-9-20-10-8-17;;/h13H,3-12,16H2,1-2H3;2*1H. The summed E-state index contributed by atoms with van der Waals surface area (Å²) in [5.74, 6) is 0.265. The normalized spacial score (nSPS) is 22.9. The molecule has 1 unspecified atom stereocenters. The van der Waals surface area contributed by atoms with E-state index in [-0.39, 0.29) is 36.1 Å². The number of rotatable bonds is 5. The second-order valence-corrected chi connectivity index (χ2v) is 6.03. The molecule has 2 saturated heterocycles. The summed E-state index contributed by atoms with van der Waals surface area (Å²) in [5, 5.41) is 0. The summed E-state index contributed by atoms with van der Waals surface area (Å²) >= 11 is 0. The number of ether oxygens (including phenoxy) is 1. The van der Waals surface area contributed by atoms with Gasteiger partial charge in [0, 0.05) is 38.8 Å². The molecule has 0 aromatic carbocycles. The second-order valence-electron chi connectivity index (χ2n) is 6.03. The molecule has 1 amide bonds. The first-order valence-electron chi connectivity index (χ1n) is 7.98. The van der Waals surface area contributed by atoms with Gasteiger partial charge in [-0.05, 0) is 19.3 Å². The Labute approximate surface area is 146 Å². The fraction of sp³-hybridized carbons (Fsp3) is 0.933. The van der Waals surface area contributed by atoms with Crippen LogP contribution in [0.1, 0.15) is 33.1 Å². The van der Waals surface area contributed by atoms with Crippen molar-refractivity contribution < 1.29 is 9.53 Å². The molecule has 0 bridgehead atoms. The van der Waals surface area contributed by atoms with Crippen LogP contribution in [-0.2, 0) is 9.53 Å². The monoisotopic (exact) mass is 355 g/mol. The van der Waals surface area contributed by atoms with Crippen LogP contribution in [0.15, 0.2) is 0 Å². The largest absolute Gasteiger partial charge is 0.379 e. The van der Waals surface area contributed by atoms with Crippen LogP contribution in [0.2, 0.25) is 0 Å². The van der Waals surface area contributed by atoms with Gasteiger partial charge in [0.05, 0.1) is 18.6 Å². The summed E-state index contributed by atoms with van der Waals surface area (Å²) in [7, 11) is 0. The summed E-state index contributed by atoms with van der Waals surface area (Å²) < 4.78 is 5.40. The first kappa shape index (κ1) is 21.9. The molecule has 132 valence electrons. The number of carbonyl (C=O) groups excluding carboxylic acids is 1. The number of halogens is 2. The Morgan fingerprint density at radius 1 is 1.18 bits per heavy atom. The molecule has 0 radical (unpaired) electrons. The van der Waals surface area contributed by atoms with Gasteiger partial charge in [-0.15, -0.1) is 24.8 Å². The molecule has 2 rings (SSSR count). The molecule has 0 aromatic rings. The third-order valence-corrected chi connectivity index (χ3v) is 5.21. The van der Waals surface area contributed by atoms with Gasteiger partial charge in [0.1, 0.15) is 0 Å². The van der Waals surface area contributed by atoms with E-state index in [2.05, 4.69) is 18.7 Å². The maximum Gasteiger partial charge on any atom is 0.230 e. The Balaban J connectivity index is 0.00000220. The smallest absolute Gasteiger partial charge is 0.230 e. The van der Waals surface area contributed by atoms with E-state index in [0.29, 0.717) is 12.6 Å². The first-order valence-corrected chi connectivity index (χ1v) is 7.98. The average Bonchev–Trinajstić information content (AvgIpc) is 3.00. The molecule has 0 aromatic heterocycles. The lowest BCUT2D eigenvalue weighted by Gasteiger charge is -2.35. The van der Waals surface area contributed by atoms with Gasteiger partial charge in [-0.2, -0.15) is 0 Å². The van der Waals surface area contributed by atoms with Crippen LogP contribution in [0.5, 0.6) is 0 Å². The van der Waals surface area contributed by atoms with Crippen molar-refractivity contribution in [3.8, 4) is 0 Å². The van der Waals surface area contributed by atoms with E-state index in [0.717, 1.165) is 58.7 Å². The second kappa shape index (κ2) is 9.93. The van der Waals surface area contributed by atoms with Crippen molar-refractivity contribution >= 4 is 30.7 Å². The van der Waals surface area contributed by atoms with E-state index < -0.39 is 0 Å². The van der Waals surface area contributed by atoms with Crippen LogP contribution in [0.4, 0.5) is 0 Å². The molecule has 7 heteroatoms. The Morgan fingerprint density at radius 3 is 2.27 bits per heavy atom. The van der Waals surface area contributed by atoms with Crippen molar-refractivity contribution in [3.63, 3.8) is 0 Å². The lowest BCUT2D eigenvalue weighted by molar-refractivity contribution is -0.141. The van der Waals surface area contributed by atoms with Gasteiger partial charge in [-0.25, -0.2) is 0 Å². The Hall–Kier alpha value is -0.0700. The quantitative estimate of drug-likeness (QED) is 0.812. The highest BCUT2D eigenvalue weighted by Gasteiger charge is 2.40. The van der Waals surface area contributed by atoms with Crippen molar-refractivity contribution in [1.29, 1.82) is 0 Å². The SMILES string of the molecule is CCC(CC)(CN)C(=O)N1CCC(N2CCOCC2)C1.Cl.Cl. The Bertz CT molecular complexity index is 326. The molecule has 2 N–H and O–H groups in total. The topological polar surface area (TPSA) is 58.8 Å². The van der Waals surface area contributed by atoms with Gasteiger partial charge in [0.2, 0.25) is 5.91 Å². The highest BCUT2D eigenvalue weighted by Crippen LogP contribution is 2.30. The molecule has 2 fully saturated rings. The zero-order valence-electron chi connectivity index (χ0n) is 13.8. The van der Waals surface area contributed by atoms with Crippen LogP contribution in [0.3, 0.4) is 0 Å². The molecule has 1 atom stereocenters. The summed E-state index contributed by atoms with van der Waals surface area (Å²) in [6.07, 6.45) is 2.74. The first-order chi connectivity index (χ1) is 9.66. The van der Waals surface area contributed by atoms with Crippen molar-refractivity contribution in [3.05, 3.63) is 0 Å². The van der Waals surface area contributed by atoms with E-state index in [4.69, 9.17) is 10.5 Å². The minimum Gasteiger partial charge on any atom is -0.379 e. The minimum absolute atomic E-state index is 0. The van der Waals surface area contributed by atoms with Crippen LogP contribution in [-0.4, -0.2) is 67.7 Å². The van der Waals surface area contributed by atoms with E-state index >= 15 is 0 Å². The molecule has 22 heavy (non-hydrogen) atoms. The van der Waals surface area contributed by atoms with Gasteiger partial charge >= 0.3 is 0 Å². The number of nitrogens with two attached hydrogens (primary N) is 1. The van der Waals surface area contributed by atoms with E-state index in [1.54, 1.807) is 0 Å². The highest BCUT2D eigenvalue weighted by molar-refractivity contribution is 5.85. The van der Waals surface area contributed by atoms with Gasteiger partial charge < -0.3 is 15.4 Å². The fourth-order valence-corrected chi connectivity index (χ4v) is 3.43. The minimum atomic E-state index is -0.347. The highest BCUT2D eigenvalue weighted by atomic mass is 35.5. The summed E-state index contributed by atoms with van der Waals surface area (Å²) in [6, 6.07) is 0.507. The number of amides is 1. The van der Waals surface area contributed by atoms with Crippen LogP contribution in [0.25, 0.3) is 0 Å². The fourth-order valence-electron chi connectivity index (χ4n) is 3.43. The molecule has 0 spiro atoms. The molecule has 0 aliphatic carbocycles. The lowest BCUT2D eigenvalue weighted by atomic mass is 9.81. The van der Waals surface area contributed by atoms with E-state index in [1.807, 2.05) is 4.90 Å². The van der Waals surface area contributed by atoms with Gasteiger partial charge in [-0.3, -0.25) is 9.69 Å². The molecule has 2 aliphatic heterocycles. The van der Waals surface area contributed by atoms with E-state index in [1.165, 1.54) is 0 Å². The Morgan fingerprint density at radius 2 is 1.77 bits per heavy atom. The third kappa shape index (κ3) is 4.48. The number of likely N-dealkylation sites (tertiary alicyclic amines) is 1. The molecular weight excluding hydrogens is 325 g/mol. The number of hydrogen-bond donors (Lipinski definition) is 1. The molecule has 0 saturated carbocycles. The number of morpholine rings is 1.